The van der Waals surface area contributed by atoms with Crippen molar-refractivity contribution in [3.8, 4) is 0 Å². The molecule has 0 fully saturated rings. The fraction of sp³-hybridized carbons (Fsp3) is 0.462. The van der Waals surface area contributed by atoms with E-state index in [1.54, 1.807) is 13.0 Å². The van der Waals surface area contributed by atoms with Gasteiger partial charge in [-0.3, -0.25) is 0 Å². The zero-order valence-corrected chi connectivity index (χ0v) is 9.93. The van der Waals surface area contributed by atoms with Gasteiger partial charge in [0.1, 0.15) is 5.78 Å². The Labute approximate surface area is 100 Å². The standard InChI is InChI=1S/C13H17F2NO/c1-10(17)3-2-7-16-8-6-11-4-5-12(14)13(15)9-11/h4-5,9,16H,2-3,6-8H2,1H3. The Morgan fingerprint density at radius 1 is 1.24 bits per heavy atom. The van der Waals surface area contributed by atoms with Crippen molar-refractivity contribution >= 4 is 5.78 Å². The summed E-state index contributed by atoms with van der Waals surface area (Å²) in [7, 11) is 0. The summed E-state index contributed by atoms with van der Waals surface area (Å²) in [5.41, 5.74) is 0.767. The number of Topliss-reactive ketones (excluding diaryl/α,β-unsaturated/α-hetero) is 1. The highest BCUT2D eigenvalue weighted by atomic mass is 19.2. The minimum Gasteiger partial charge on any atom is -0.316 e. The molecule has 1 rings (SSSR count). The first kappa shape index (κ1) is 13.8. The maximum atomic E-state index is 12.9. The first-order chi connectivity index (χ1) is 8.09. The van der Waals surface area contributed by atoms with E-state index in [1.165, 1.54) is 6.07 Å². The van der Waals surface area contributed by atoms with Gasteiger partial charge in [-0.1, -0.05) is 6.07 Å². The summed E-state index contributed by atoms with van der Waals surface area (Å²) < 4.78 is 25.5. The normalized spacial score (nSPS) is 10.5. The summed E-state index contributed by atoms with van der Waals surface area (Å²) in [6.45, 7) is 3.04. The molecule has 0 spiro atoms. The molecule has 0 atom stereocenters. The van der Waals surface area contributed by atoms with Crippen LogP contribution in [0.4, 0.5) is 8.78 Å². The van der Waals surface area contributed by atoms with Crippen LogP contribution in [0.2, 0.25) is 0 Å². The van der Waals surface area contributed by atoms with Crippen LogP contribution in [0.25, 0.3) is 0 Å². The number of carbonyl (C=O) groups excluding carboxylic acids is 1. The van der Waals surface area contributed by atoms with Crippen LogP contribution in [0.1, 0.15) is 25.3 Å². The first-order valence-corrected chi connectivity index (χ1v) is 5.73. The topological polar surface area (TPSA) is 29.1 Å². The van der Waals surface area contributed by atoms with Crippen molar-refractivity contribution in [3.05, 3.63) is 35.4 Å². The van der Waals surface area contributed by atoms with E-state index in [4.69, 9.17) is 0 Å². The van der Waals surface area contributed by atoms with Crippen LogP contribution in [0.5, 0.6) is 0 Å². The zero-order chi connectivity index (χ0) is 12.7. The highest BCUT2D eigenvalue weighted by Crippen LogP contribution is 2.08. The van der Waals surface area contributed by atoms with Gasteiger partial charge in [0.25, 0.3) is 0 Å². The molecule has 0 aliphatic heterocycles. The predicted octanol–water partition coefficient (Wildman–Crippen LogP) is 2.47. The number of ketones is 1. The second-order valence-corrected chi connectivity index (χ2v) is 4.05. The Bertz CT molecular complexity index is 380. The Morgan fingerprint density at radius 2 is 2.00 bits per heavy atom. The second-order valence-electron chi connectivity index (χ2n) is 4.05. The van der Waals surface area contributed by atoms with Gasteiger partial charge in [0, 0.05) is 6.42 Å². The molecule has 1 aromatic rings. The van der Waals surface area contributed by atoms with Crippen LogP contribution >= 0.6 is 0 Å². The molecule has 1 aromatic carbocycles. The van der Waals surface area contributed by atoms with Gasteiger partial charge in [-0.25, -0.2) is 8.78 Å². The lowest BCUT2D eigenvalue weighted by atomic mass is 10.1. The Morgan fingerprint density at radius 3 is 2.65 bits per heavy atom. The smallest absolute Gasteiger partial charge is 0.159 e. The molecule has 0 aromatic heterocycles. The number of hydrogen-bond donors (Lipinski definition) is 1. The number of nitrogens with one attached hydrogen (secondary N) is 1. The van der Waals surface area contributed by atoms with Gasteiger partial charge in [0.2, 0.25) is 0 Å². The summed E-state index contributed by atoms with van der Waals surface area (Å²) in [6, 6.07) is 3.93. The summed E-state index contributed by atoms with van der Waals surface area (Å²) >= 11 is 0. The van der Waals surface area contributed by atoms with E-state index in [2.05, 4.69) is 5.32 Å². The van der Waals surface area contributed by atoms with E-state index in [0.717, 1.165) is 24.6 Å². The van der Waals surface area contributed by atoms with Crippen molar-refractivity contribution < 1.29 is 13.6 Å². The fourth-order valence-electron chi connectivity index (χ4n) is 1.52. The van der Waals surface area contributed by atoms with Crippen molar-refractivity contribution in [2.75, 3.05) is 13.1 Å². The lowest BCUT2D eigenvalue weighted by Crippen LogP contribution is -2.19. The van der Waals surface area contributed by atoms with E-state index in [9.17, 15) is 13.6 Å². The van der Waals surface area contributed by atoms with Crippen LogP contribution < -0.4 is 5.32 Å². The molecule has 0 aliphatic carbocycles. The van der Waals surface area contributed by atoms with Crippen LogP contribution in [0.3, 0.4) is 0 Å². The lowest BCUT2D eigenvalue weighted by molar-refractivity contribution is -0.117. The maximum Gasteiger partial charge on any atom is 0.159 e. The molecule has 17 heavy (non-hydrogen) atoms. The van der Waals surface area contributed by atoms with E-state index in [1.807, 2.05) is 0 Å². The molecule has 1 N–H and O–H groups in total. The molecule has 4 heteroatoms. The molecule has 0 amide bonds. The average molecular weight is 241 g/mol. The van der Waals surface area contributed by atoms with Crippen molar-refractivity contribution in [2.45, 2.75) is 26.2 Å². The van der Waals surface area contributed by atoms with Gasteiger partial charge in [-0.2, -0.15) is 0 Å². The van der Waals surface area contributed by atoms with Crippen molar-refractivity contribution in [3.63, 3.8) is 0 Å². The quantitative estimate of drug-likeness (QED) is 0.743. The zero-order valence-electron chi connectivity index (χ0n) is 9.93. The molecule has 0 bridgehead atoms. The summed E-state index contributed by atoms with van der Waals surface area (Å²) in [5, 5.41) is 3.15. The third-order valence-electron chi connectivity index (χ3n) is 2.46. The van der Waals surface area contributed by atoms with Crippen molar-refractivity contribution in [2.24, 2.45) is 0 Å². The average Bonchev–Trinajstić information content (AvgIpc) is 2.27. The van der Waals surface area contributed by atoms with Gasteiger partial charge >= 0.3 is 0 Å². The molecule has 0 unspecified atom stereocenters. The van der Waals surface area contributed by atoms with Gasteiger partial charge in [-0.05, 0) is 50.6 Å². The molecule has 0 saturated carbocycles. The first-order valence-electron chi connectivity index (χ1n) is 5.73. The van der Waals surface area contributed by atoms with E-state index in [0.29, 0.717) is 19.4 Å². The van der Waals surface area contributed by atoms with Crippen LogP contribution in [-0.2, 0) is 11.2 Å². The molecular weight excluding hydrogens is 224 g/mol. The minimum atomic E-state index is -0.817. The third-order valence-corrected chi connectivity index (χ3v) is 2.46. The maximum absolute atomic E-state index is 12.9. The SMILES string of the molecule is CC(=O)CCCNCCc1ccc(F)c(F)c1. The van der Waals surface area contributed by atoms with Crippen LogP contribution in [0.15, 0.2) is 18.2 Å². The summed E-state index contributed by atoms with van der Waals surface area (Å²) in [4.78, 5) is 10.7. The fourth-order valence-corrected chi connectivity index (χ4v) is 1.52. The number of carbonyl (C=O) groups is 1. The van der Waals surface area contributed by atoms with E-state index in [-0.39, 0.29) is 5.78 Å². The van der Waals surface area contributed by atoms with Gasteiger partial charge in [-0.15, -0.1) is 0 Å². The Kier molecular flexibility index (Phi) is 5.77. The monoisotopic (exact) mass is 241 g/mol. The highest BCUT2D eigenvalue weighted by molar-refractivity contribution is 5.75. The van der Waals surface area contributed by atoms with Crippen LogP contribution in [-0.4, -0.2) is 18.9 Å². The summed E-state index contributed by atoms with van der Waals surface area (Å²) in [5.74, 6) is -1.44. The molecule has 94 valence electrons. The molecule has 0 saturated heterocycles. The number of rotatable bonds is 7. The molecule has 0 radical (unpaired) electrons. The van der Waals surface area contributed by atoms with Crippen molar-refractivity contribution in [1.82, 2.24) is 5.32 Å². The lowest BCUT2D eigenvalue weighted by Gasteiger charge is -2.04. The molecular formula is C13H17F2NO. The predicted molar refractivity (Wildman–Crippen MR) is 62.8 cm³/mol. The van der Waals surface area contributed by atoms with Gasteiger partial charge < -0.3 is 10.1 Å². The Hall–Kier alpha value is -1.29. The van der Waals surface area contributed by atoms with Crippen LogP contribution in [0, 0.1) is 11.6 Å². The molecule has 2 nitrogen and oxygen atoms in total. The Balaban J connectivity index is 2.18. The van der Waals surface area contributed by atoms with Crippen molar-refractivity contribution in [1.29, 1.82) is 0 Å². The third kappa shape index (κ3) is 5.54. The largest absolute Gasteiger partial charge is 0.316 e. The van der Waals surface area contributed by atoms with E-state index < -0.39 is 11.6 Å². The number of hydrogen-bond acceptors (Lipinski definition) is 2. The number of benzene rings is 1. The number of halogens is 2. The van der Waals surface area contributed by atoms with Gasteiger partial charge in [0.15, 0.2) is 11.6 Å². The highest BCUT2D eigenvalue weighted by Gasteiger charge is 2.02. The molecule has 0 heterocycles. The minimum absolute atomic E-state index is 0.187. The van der Waals surface area contributed by atoms with E-state index >= 15 is 0 Å². The van der Waals surface area contributed by atoms with Gasteiger partial charge in [0.05, 0.1) is 0 Å². The summed E-state index contributed by atoms with van der Waals surface area (Å²) in [6.07, 6.45) is 2.04. The second kappa shape index (κ2) is 7.12. The molecule has 0 aliphatic rings.